The normalized spacial score (nSPS) is 23.2. The van der Waals surface area contributed by atoms with E-state index in [1.807, 2.05) is 0 Å². The summed E-state index contributed by atoms with van der Waals surface area (Å²) in [5.74, 6) is 1.38. The maximum atomic E-state index is 13.1. The van der Waals surface area contributed by atoms with E-state index in [1.54, 1.807) is 13.8 Å². The molecular formula is C22H39BN2O4Sn. The average Bonchev–Trinajstić information content (AvgIpc) is 3.18. The van der Waals surface area contributed by atoms with Crippen LogP contribution in [-0.4, -0.2) is 87.3 Å². The van der Waals surface area contributed by atoms with E-state index in [-0.39, 0.29) is 20.2 Å². The first-order valence-electron chi connectivity index (χ1n) is 11.2. The van der Waals surface area contributed by atoms with Crippen LogP contribution in [0.1, 0.15) is 40.0 Å². The minimum atomic E-state index is -2.46. The third-order valence-corrected chi connectivity index (χ3v) is 13.4. The van der Waals surface area contributed by atoms with Gasteiger partial charge in [-0.15, -0.1) is 0 Å². The second kappa shape index (κ2) is 10.2. The van der Waals surface area contributed by atoms with Crippen molar-refractivity contribution in [2.75, 3.05) is 40.4 Å². The van der Waals surface area contributed by atoms with Gasteiger partial charge in [-0.3, -0.25) is 0 Å². The summed E-state index contributed by atoms with van der Waals surface area (Å²) in [5.41, 5.74) is 1.08. The maximum absolute atomic E-state index is 13.1. The Balaban J connectivity index is 2.66. The molecule has 0 aromatic heterocycles. The van der Waals surface area contributed by atoms with E-state index in [9.17, 15) is 9.59 Å². The van der Waals surface area contributed by atoms with Crippen molar-refractivity contribution in [1.29, 1.82) is 0 Å². The Bertz CT molecular complexity index is 701. The number of carbonyl (C=O) groups is 2. The number of carbonyl (C=O) groups excluding carboxylic acids is 2. The molecule has 0 N–H and O–H groups in total. The standard InChI is InChI=1S/C19H30BN2O4.3CH3.Sn/c1-6-9-15-12-19(17(23)25-7-2,18(24)26-8-3)13-16(15)14-20-21(4)10-11-22(20)5;;;;/h14H,6-8,10-13H2,1-5H3;3*1H3;/b15-9?,16-14+;;;;. The van der Waals surface area contributed by atoms with E-state index >= 15 is 0 Å². The molecule has 1 saturated heterocycles. The second-order valence-corrected chi connectivity index (χ2v) is 24.1. The van der Waals surface area contributed by atoms with Crippen LogP contribution < -0.4 is 0 Å². The zero-order valence-electron chi connectivity index (χ0n) is 20.1. The van der Waals surface area contributed by atoms with Crippen molar-refractivity contribution in [3.63, 3.8) is 0 Å². The van der Waals surface area contributed by atoms with Gasteiger partial charge in [-0.1, -0.05) is 0 Å². The number of allylic oxidation sites excluding steroid dienone is 3. The fraction of sp³-hybridized carbons (Fsp3) is 0.727. The first-order valence-corrected chi connectivity index (χ1v) is 21.2. The zero-order valence-corrected chi connectivity index (χ0v) is 23.0. The Kier molecular flexibility index (Phi) is 8.67. The van der Waals surface area contributed by atoms with Crippen molar-refractivity contribution in [3.05, 3.63) is 20.7 Å². The minimum absolute atomic E-state index is 0.170. The number of esters is 2. The molecule has 30 heavy (non-hydrogen) atoms. The second-order valence-electron chi connectivity index (χ2n) is 9.50. The number of ether oxygens (including phenoxy) is 2. The molecule has 2 fully saturated rings. The predicted octanol–water partition coefficient (Wildman–Crippen LogP) is 3.31. The SMILES string of the molecule is CCOC(=O)C1(C(=O)OCC)CC(=[C](\CC)[Sn]([CH3])([CH3])[CH3])/C(=C/B2N(C)CCN2C)C1. The van der Waals surface area contributed by atoms with Gasteiger partial charge in [-0.25, -0.2) is 0 Å². The molecule has 0 spiro atoms. The van der Waals surface area contributed by atoms with Crippen molar-refractivity contribution in [2.45, 2.75) is 54.9 Å². The van der Waals surface area contributed by atoms with E-state index in [0.717, 1.165) is 25.1 Å². The Morgan fingerprint density at radius 3 is 1.90 bits per heavy atom. The molecule has 168 valence electrons. The van der Waals surface area contributed by atoms with Crippen LogP contribution in [0.2, 0.25) is 14.8 Å². The van der Waals surface area contributed by atoms with Crippen molar-refractivity contribution in [2.24, 2.45) is 5.41 Å². The topological polar surface area (TPSA) is 59.1 Å². The van der Waals surface area contributed by atoms with Crippen LogP contribution in [0.3, 0.4) is 0 Å². The molecule has 0 amide bonds. The molecule has 1 heterocycles. The molecule has 0 aromatic rings. The molecule has 2 aliphatic rings. The predicted molar refractivity (Wildman–Crippen MR) is 125 cm³/mol. The Morgan fingerprint density at radius 1 is 1.00 bits per heavy atom. The number of likely N-dealkylation sites (N-methyl/N-ethyl adjacent to an activating group) is 2. The quantitative estimate of drug-likeness (QED) is 0.289. The van der Waals surface area contributed by atoms with Gasteiger partial charge in [0, 0.05) is 0 Å². The summed E-state index contributed by atoms with van der Waals surface area (Å²) in [6, 6.07) is 0. The summed E-state index contributed by atoms with van der Waals surface area (Å²) in [4.78, 5) is 38.1. The van der Waals surface area contributed by atoms with Crippen LogP contribution in [0.5, 0.6) is 0 Å². The number of rotatable bonds is 7. The fourth-order valence-electron chi connectivity index (χ4n) is 4.83. The Morgan fingerprint density at radius 2 is 1.50 bits per heavy atom. The van der Waals surface area contributed by atoms with Gasteiger partial charge in [0.05, 0.1) is 0 Å². The summed E-state index contributed by atoms with van der Waals surface area (Å²) in [6.45, 7) is 8.45. The van der Waals surface area contributed by atoms with Crippen LogP contribution >= 0.6 is 0 Å². The molecule has 0 bridgehead atoms. The molecule has 0 unspecified atom stereocenters. The first kappa shape index (κ1) is 25.5. The van der Waals surface area contributed by atoms with E-state index in [4.69, 9.17) is 9.47 Å². The van der Waals surface area contributed by atoms with Crippen LogP contribution in [0.25, 0.3) is 0 Å². The summed E-state index contributed by atoms with van der Waals surface area (Å²) in [6.07, 6.45) is 1.72. The molecule has 1 saturated carbocycles. The Hall–Kier alpha value is -0.796. The molecule has 0 atom stereocenters. The first-order chi connectivity index (χ1) is 14.0. The molecule has 0 radical (unpaired) electrons. The third kappa shape index (κ3) is 5.15. The van der Waals surface area contributed by atoms with Crippen LogP contribution in [0.15, 0.2) is 20.7 Å². The Labute approximate surface area is 187 Å². The number of nitrogens with zero attached hydrogens (tertiary/aromatic N) is 2. The van der Waals surface area contributed by atoms with Crippen molar-refractivity contribution >= 4 is 37.3 Å². The molecular weight excluding hydrogens is 486 g/mol. The van der Waals surface area contributed by atoms with Gasteiger partial charge >= 0.3 is 187 Å². The summed E-state index contributed by atoms with van der Waals surface area (Å²) in [7, 11) is 4.24. The van der Waals surface area contributed by atoms with E-state index in [0.29, 0.717) is 12.8 Å². The van der Waals surface area contributed by atoms with Gasteiger partial charge in [-0.05, 0) is 0 Å². The van der Waals surface area contributed by atoms with E-state index in [2.05, 4.69) is 51.4 Å². The van der Waals surface area contributed by atoms with Crippen LogP contribution in [0.4, 0.5) is 0 Å². The molecule has 1 aliphatic heterocycles. The number of hydrogen-bond donors (Lipinski definition) is 0. The number of hydrogen-bond acceptors (Lipinski definition) is 6. The van der Waals surface area contributed by atoms with Gasteiger partial charge in [0.1, 0.15) is 0 Å². The van der Waals surface area contributed by atoms with Crippen molar-refractivity contribution in [3.8, 4) is 0 Å². The van der Waals surface area contributed by atoms with Gasteiger partial charge in [0.15, 0.2) is 0 Å². The van der Waals surface area contributed by atoms with Crippen LogP contribution in [-0.2, 0) is 19.1 Å². The van der Waals surface area contributed by atoms with Gasteiger partial charge in [0.25, 0.3) is 0 Å². The molecule has 6 nitrogen and oxygen atoms in total. The molecule has 8 heteroatoms. The summed E-state index contributed by atoms with van der Waals surface area (Å²) >= 11 is -2.46. The zero-order chi connectivity index (χ0) is 22.7. The molecule has 0 aromatic carbocycles. The van der Waals surface area contributed by atoms with E-state index < -0.39 is 35.7 Å². The van der Waals surface area contributed by atoms with Gasteiger partial charge in [-0.2, -0.15) is 0 Å². The molecule has 2 rings (SSSR count). The van der Waals surface area contributed by atoms with Crippen molar-refractivity contribution < 1.29 is 19.1 Å². The summed E-state index contributed by atoms with van der Waals surface area (Å²) < 4.78 is 12.3. The monoisotopic (exact) mass is 526 g/mol. The fourth-order valence-corrected chi connectivity index (χ4v) is 11.1. The van der Waals surface area contributed by atoms with Crippen LogP contribution in [0, 0.1) is 5.41 Å². The molecule has 1 aliphatic carbocycles. The van der Waals surface area contributed by atoms with Gasteiger partial charge in [0.2, 0.25) is 0 Å². The third-order valence-electron chi connectivity index (χ3n) is 6.37. The van der Waals surface area contributed by atoms with E-state index in [1.165, 1.54) is 9.16 Å². The summed E-state index contributed by atoms with van der Waals surface area (Å²) in [5, 5.41) is 0. The van der Waals surface area contributed by atoms with Gasteiger partial charge < -0.3 is 0 Å². The van der Waals surface area contributed by atoms with Crippen molar-refractivity contribution in [1.82, 2.24) is 9.62 Å². The average molecular weight is 525 g/mol.